The van der Waals surface area contributed by atoms with E-state index in [-0.39, 0.29) is 17.1 Å². The summed E-state index contributed by atoms with van der Waals surface area (Å²) in [5.74, 6) is 0. The monoisotopic (exact) mass is 221 g/mol. The van der Waals surface area contributed by atoms with E-state index in [2.05, 4.69) is 22.5 Å². The van der Waals surface area contributed by atoms with Crippen molar-refractivity contribution in [3.05, 3.63) is 0 Å². The molecule has 1 rings (SSSR count). The zero-order valence-corrected chi connectivity index (χ0v) is 8.64. The SMILES string of the molecule is CCN1CCNCCNCC1.[64Cu]. The van der Waals surface area contributed by atoms with Crippen LogP contribution in [0.5, 0.6) is 0 Å². The molecule has 1 fully saturated rings. The van der Waals surface area contributed by atoms with Gasteiger partial charge in [0.25, 0.3) is 0 Å². The third-order valence-corrected chi connectivity index (χ3v) is 2.14. The Hall–Kier alpha value is 0.399. The maximum absolute atomic E-state index is 3.39. The number of likely N-dealkylation sites (N-methyl/N-ethyl adjacent to an activating group) is 1. The zero-order valence-electron chi connectivity index (χ0n) is 7.70. The molecule has 0 bridgehead atoms. The fourth-order valence-corrected chi connectivity index (χ4v) is 1.33. The molecule has 2 N–H and O–H groups in total. The van der Waals surface area contributed by atoms with Gasteiger partial charge in [0, 0.05) is 56.3 Å². The quantitative estimate of drug-likeness (QED) is 0.584. The van der Waals surface area contributed by atoms with Crippen molar-refractivity contribution in [2.75, 3.05) is 45.8 Å². The van der Waals surface area contributed by atoms with Crippen molar-refractivity contribution in [3.8, 4) is 0 Å². The second-order valence-electron chi connectivity index (χ2n) is 2.93. The van der Waals surface area contributed by atoms with Gasteiger partial charge in [-0.25, -0.2) is 0 Å². The fourth-order valence-electron chi connectivity index (χ4n) is 1.33. The van der Waals surface area contributed by atoms with Gasteiger partial charge in [0.05, 0.1) is 0 Å². The third kappa shape index (κ3) is 5.12. The maximum atomic E-state index is 3.39. The van der Waals surface area contributed by atoms with Gasteiger partial charge in [0.2, 0.25) is 0 Å². The Balaban J connectivity index is 0.00000121. The molecule has 4 heteroatoms. The van der Waals surface area contributed by atoms with Crippen molar-refractivity contribution in [2.45, 2.75) is 6.92 Å². The summed E-state index contributed by atoms with van der Waals surface area (Å²) in [7, 11) is 0. The Labute approximate surface area is 85.7 Å². The molecule has 0 saturated carbocycles. The molecule has 1 aliphatic rings. The predicted octanol–water partition coefficient (Wildman–Crippen LogP) is -0.501. The van der Waals surface area contributed by atoms with Crippen molar-refractivity contribution in [2.24, 2.45) is 0 Å². The Bertz CT molecular complexity index is 90.3. The molecule has 1 radical (unpaired) electrons. The summed E-state index contributed by atoms with van der Waals surface area (Å²) >= 11 is 0. The van der Waals surface area contributed by atoms with Crippen molar-refractivity contribution in [1.29, 1.82) is 0 Å². The predicted molar refractivity (Wildman–Crippen MR) is 47.9 cm³/mol. The molecule has 0 aromatic carbocycles. The zero-order chi connectivity index (χ0) is 7.94. The Kier molecular flexibility index (Phi) is 8.29. The van der Waals surface area contributed by atoms with Crippen LogP contribution in [0.3, 0.4) is 0 Å². The molecule has 0 atom stereocenters. The van der Waals surface area contributed by atoms with Crippen LogP contribution in [-0.2, 0) is 17.1 Å². The van der Waals surface area contributed by atoms with Crippen LogP contribution in [0.15, 0.2) is 0 Å². The molecule has 1 heterocycles. The van der Waals surface area contributed by atoms with Crippen molar-refractivity contribution >= 4 is 0 Å². The van der Waals surface area contributed by atoms with Crippen LogP contribution in [0.1, 0.15) is 6.92 Å². The molecule has 0 amide bonds. The standard InChI is InChI=1S/C8H19N3.Cu/c1-2-11-7-5-9-3-4-10-6-8-11;/h9-10H,2-8H2,1H3;/i;1+0. The summed E-state index contributed by atoms with van der Waals surface area (Å²) in [5.41, 5.74) is 0. The second-order valence-corrected chi connectivity index (χ2v) is 2.93. The summed E-state index contributed by atoms with van der Waals surface area (Å²) in [6, 6.07) is 0. The molecule has 0 aliphatic carbocycles. The molecule has 12 heavy (non-hydrogen) atoms. The van der Waals surface area contributed by atoms with E-state index >= 15 is 0 Å². The smallest absolute Gasteiger partial charge is 0.0107 e. The van der Waals surface area contributed by atoms with E-state index in [9.17, 15) is 0 Å². The molecule has 0 aromatic heterocycles. The van der Waals surface area contributed by atoms with Crippen LogP contribution in [0, 0.1) is 0 Å². The van der Waals surface area contributed by atoms with Gasteiger partial charge in [-0.1, -0.05) is 6.92 Å². The summed E-state index contributed by atoms with van der Waals surface area (Å²) < 4.78 is 0. The van der Waals surface area contributed by atoms with Gasteiger partial charge in [-0.3, -0.25) is 0 Å². The van der Waals surface area contributed by atoms with Gasteiger partial charge >= 0.3 is 0 Å². The first-order valence-corrected chi connectivity index (χ1v) is 4.57. The Morgan fingerprint density at radius 3 is 1.92 bits per heavy atom. The number of nitrogens with zero attached hydrogens (tertiary/aromatic N) is 1. The molecule has 0 spiro atoms. The van der Waals surface area contributed by atoms with E-state index in [1.54, 1.807) is 0 Å². The normalized spacial score (nSPS) is 21.8. The number of hydrogen-bond donors (Lipinski definition) is 2. The van der Waals surface area contributed by atoms with E-state index in [1.165, 1.54) is 19.6 Å². The molecular formula is C8H19CuN3. The van der Waals surface area contributed by atoms with E-state index in [1.807, 2.05) is 0 Å². The van der Waals surface area contributed by atoms with Crippen LogP contribution in [0.2, 0.25) is 0 Å². The van der Waals surface area contributed by atoms with E-state index in [0.717, 1.165) is 26.2 Å². The van der Waals surface area contributed by atoms with Crippen molar-refractivity contribution < 1.29 is 17.1 Å². The van der Waals surface area contributed by atoms with Crippen LogP contribution in [0.4, 0.5) is 0 Å². The third-order valence-electron chi connectivity index (χ3n) is 2.14. The minimum absolute atomic E-state index is 0. The van der Waals surface area contributed by atoms with E-state index in [0.29, 0.717) is 0 Å². The molecule has 77 valence electrons. The fraction of sp³-hybridized carbons (Fsp3) is 1.00. The van der Waals surface area contributed by atoms with Crippen LogP contribution in [-0.4, -0.2) is 50.7 Å². The topological polar surface area (TPSA) is 27.3 Å². The summed E-state index contributed by atoms with van der Waals surface area (Å²) in [6.45, 7) is 10.3. The minimum atomic E-state index is 0. The summed E-state index contributed by atoms with van der Waals surface area (Å²) in [4.78, 5) is 2.46. The molecular weight excluding hydrogens is 202 g/mol. The van der Waals surface area contributed by atoms with Crippen molar-refractivity contribution in [3.63, 3.8) is 0 Å². The first-order chi connectivity index (χ1) is 5.43. The minimum Gasteiger partial charge on any atom is -0.314 e. The maximum Gasteiger partial charge on any atom is 0.0107 e. The first-order valence-electron chi connectivity index (χ1n) is 4.57. The number of rotatable bonds is 1. The van der Waals surface area contributed by atoms with Gasteiger partial charge < -0.3 is 15.5 Å². The molecule has 1 aliphatic heterocycles. The number of hydrogen-bond acceptors (Lipinski definition) is 3. The Morgan fingerprint density at radius 1 is 1.00 bits per heavy atom. The molecule has 0 aromatic rings. The second kappa shape index (κ2) is 8.02. The van der Waals surface area contributed by atoms with Crippen LogP contribution in [0.25, 0.3) is 0 Å². The van der Waals surface area contributed by atoms with Crippen molar-refractivity contribution in [1.82, 2.24) is 15.5 Å². The average molecular weight is 221 g/mol. The molecule has 3 nitrogen and oxygen atoms in total. The summed E-state index contributed by atoms with van der Waals surface area (Å²) in [5, 5.41) is 6.77. The van der Waals surface area contributed by atoms with Gasteiger partial charge in [-0.05, 0) is 6.54 Å². The van der Waals surface area contributed by atoms with Gasteiger partial charge in [-0.2, -0.15) is 0 Å². The first kappa shape index (κ1) is 12.4. The number of nitrogens with one attached hydrogen (secondary N) is 2. The van der Waals surface area contributed by atoms with Gasteiger partial charge in [0.15, 0.2) is 0 Å². The average Bonchev–Trinajstić information content (AvgIpc) is 2.16. The Morgan fingerprint density at radius 2 is 1.50 bits per heavy atom. The van der Waals surface area contributed by atoms with Crippen LogP contribution >= 0.6 is 0 Å². The van der Waals surface area contributed by atoms with Crippen LogP contribution < -0.4 is 10.6 Å². The van der Waals surface area contributed by atoms with E-state index < -0.39 is 0 Å². The van der Waals surface area contributed by atoms with Gasteiger partial charge in [-0.15, -0.1) is 0 Å². The largest absolute Gasteiger partial charge is 0.314 e. The molecule has 1 saturated heterocycles. The summed E-state index contributed by atoms with van der Waals surface area (Å²) in [6.07, 6.45) is 0. The van der Waals surface area contributed by atoms with E-state index in [4.69, 9.17) is 0 Å². The van der Waals surface area contributed by atoms with Gasteiger partial charge in [0.1, 0.15) is 0 Å². The molecule has 0 unspecified atom stereocenters.